The van der Waals surface area contributed by atoms with Crippen LogP contribution in [0.25, 0.3) is 0 Å². The Labute approximate surface area is 147 Å². The Morgan fingerprint density at radius 2 is 1.72 bits per heavy atom. The van der Waals surface area contributed by atoms with E-state index in [2.05, 4.69) is 0 Å². The van der Waals surface area contributed by atoms with E-state index in [0.717, 1.165) is 27.8 Å². The molecule has 0 aliphatic carbocycles. The summed E-state index contributed by atoms with van der Waals surface area (Å²) in [7, 11) is -2.62. The summed E-state index contributed by atoms with van der Waals surface area (Å²) in [6, 6.07) is 8.98. The zero-order valence-corrected chi connectivity index (χ0v) is 15.4. The smallest absolute Gasteiger partial charge is 0.362 e. The number of aromatic hydroxyl groups is 1. The van der Waals surface area contributed by atoms with Crippen molar-refractivity contribution in [3.8, 4) is 11.5 Å². The molecule has 0 atom stereocenters. The van der Waals surface area contributed by atoms with Crippen molar-refractivity contribution in [2.45, 2.75) is 26.9 Å². The molecule has 136 valence electrons. The minimum atomic E-state index is -4.20. The van der Waals surface area contributed by atoms with Gasteiger partial charge in [0.1, 0.15) is 11.5 Å². The Hall–Kier alpha value is -1.85. The van der Waals surface area contributed by atoms with E-state index in [0.29, 0.717) is 18.8 Å². The van der Waals surface area contributed by atoms with Crippen molar-refractivity contribution < 1.29 is 28.9 Å². The van der Waals surface area contributed by atoms with Crippen molar-refractivity contribution >= 4 is 7.60 Å². The lowest BCUT2D eigenvalue weighted by atomic mass is 9.95. The van der Waals surface area contributed by atoms with Crippen LogP contribution in [0.3, 0.4) is 0 Å². The van der Waals surface area contributed by atoms with E-state index in [4.69, 9.17) is 19.3 Å². The monoisotopic (exact) mass is 366 g/mol. The lowest BCUT2D eigenvalue weighted by Gasteiger charge is -2.15. The predicted molar refractivity (Wildman–Crippen MR) is 95.1 cm³/mol. The molecule has 3 N–H and O–H groups in total. The van der Waals surface area contributed by atoms with Gasteiger partial charge in [-0.3, -0.25) is 4.57 Å². The van der Waals surface area contributed by atoms with Gasteiger partial charge >= 0.3 is 7.60 Å². The minimum absolute atomic E-state index is 0.209. The number of hydrogen-bond donors (Lipinski definition) is 3. The maximum Gasteiger partial charge on any atom is 0.362 e. The standard InChI is InChI=1S/C18H23O6P/c1-12-6-16(24-11-25(20,21)22)7-13(2)17(12)9-14-4-5-18(19)15(8-14)10-23-3/h4-8,19H,9-11H2,1-3H3,(H2,20,21,22). The molecular weight excluding hydrogens is 343 g/mol. The fourth-order valence-corrected chi connectivity index (χ4v) is 3.02. The van der Waals surface area contributed by atoms with Crippen molar-refractivity contribution in [3.05, 3.63) is 58.1 Å². The number of phenols is 1. The molecule has 0 amide bonds. The molecule has 0 heterocycles. The number of hydrogen-bond acceptors (Lipinski definition) is 4. The first-order valence-corrected chi connectivity index (χ1v) is 9.56. The highest BCUT2D eigenvalue weighted by Crippen LogP contribution is 2.35. The van der Waals surface area contributed by atoms with E-state index in [1.165, 1.54) is 0 Å². The third-order valence-electron chi connectivity index (χ3n) is 3.89. The van der Waals surface area contributed by atoms with Crippen LogP contribution in [0, 0.1) is 13.8 Å². The van der Waals surface area contributed by atoms with Gasteiger partial charge in [0.2, 0.25) is 0 Å². The van der Waals surface area contributed by atoms with E-state index in [-0.39, 0.29) is 5.75 Å². The molecule has 0 aliphatic heterocycles. The van der Waals surface area contributed by atoms with Crippen LogP contribution in [0.1, 0.15) is 27.8 Å². The summed E-state index contributed by atoms with van der Waals surface area (Å²) in [4.78, 5) is 17.8. The summed E-state index contributed by atoms with van der Waals surface area (Å²) in [6.07, 6.45) is 0.0387. The minimum Gasteiger partial charge on any atom is -0.508 e. The number of benzene rings is 2. The molecule has 0 bridgehead atoms. The van der Waals surface area contributed by atoms with Crippen LogP contribution < -0.4 is 4.74 Å². The number of methoxy groups -OCH3 is 1. The van der Waals surface area contributed by atoms with Gasteiger partial charge in [0.05, 0.1) is 6.61 Å². The summed E-state index contributed by atoms with van der Waals surface area (Å²) in [5.74, 6) is 0.646. The van der Waals surface area contributed by atoms with Gasteiger partial charge in [-0.05, 0) is 66.8 Å². The summed E-state index contributed by atoms with van der Waals surface area (Å²) in [5, 5.41) is 9.84. The molecule has 0 aromatic heterocycles. The Bertz CT molecular complexity index is 773. The molecule has 0 saturated carbocycles. The van der Waals surface area contributed by atoms with Crippen molar-refractivity contribution in [1.29, 1.82) is 0 Å². The van der Waals surface area contributed by atoms with E-state index in [1.54, 1.807) is 25.3 Å². The Balaban J connectivity index is 2.23. The van der Waals surface area contributed by atoms with Crippen LogP contribution >= 0.6 is 7.60 Å². The SMILES string of the molecule is COCc1cc(Cc2c(C)cc(OCP(=O)(O)O)cc2C)ccc1O. The molecule has 0 fully saturated rings. The zero-order chi connectivity index (χ0) is 18.6. The van der Waals surface area contributed by atoms with Gasteiger partial charge in [0.25, 0.3) is 0 Å². The van der Waals surface area contributed by atoms with Crippen molar-refractivity contribution in [2.75, 3.05) is 13.5 Å². The van der Waals surface area contributed by atoms with E-state index < -0.39 is 13.9 Å². The molecular formula is C18H23O6P. The molecule has 0 radical (unpaired) electrons. The van der Waals surface area contributed by atoms with Gasteiger partial charge in [-0.1, -0.05) is 6.07 Å². The summed E-state index contributed by atoms with van der Waals surface area (Å²) in [5.41, 5.74) is 4.83. The summed E-state index contributed by atoms with van der Waals surface area (Å²) < 4.78 is 21.2. The summed E-state index contributed by atoms with van der Waals surface area (Å²) >= 11 is 0. The number of aryl methyl sites for hydroxylation is 2. The van der Waals surface area contributed by atoms with Crippen molar-refractivity contribution in [3.63, 3.8) is 0 Å². The van der Waals surface area contributed by atoms with Crippen LogP contribution in [0.5, 0.6) is 11.5 Å². The molecule has 0 spiro atoms. The zero-order valence-electron chi connectivity index (χ0n) is 14.5. The quantitative estimate of drug-likeness (QED) is 0.651. The topological polar surface area (TPSA) is 96.2 Å². The number of phenolic OH excluding ortho intramolecular Hbond substituents is 1. The van der Waals surface area contributed by atoms with Crippen molar-refractivity contribution in [1.82, 2.24) is 0 Å². The molecule has 0 unspecified atom stereocenters. The van der Waals surface area contributed by atoms with E-state index in [1.807, 2.05) is 26.0 Å². The number of rotatable bonds is 7. The molecule has 2 aromatic carbocycles. The normalized spacial score (nSPS) is 11.6. The maximum absolute atomic E-state index is 10.9. The molecule has 25 heavy (non-hydrogen) atoms. The third kappa shape index (κ3) is 5.58. The van der Waals surface area contributed by atoms with Gasteiger partial charge in [0, 0.05) is 12.7 Å². The highest BCUT2D eigenvalue weighted by molar-refractivity contribution is 7.51. The third-order valence-corrected chi connectivity index (χ3v) is 4.36. The van der Waals surface area contributed by atoms with Gasteiger partial charge in [-0.25, -0.2) is 0 Å². The van der Waals surface area contributed by atoms with Crippen LogP contribution in [0.4, 0.5) is 0 Å². The predicted octanol–water partition coefficient (Wildman–Crippen LogP) is 3.26. The van der Waals surface area contributed by atoms with Crippen LogP contribution in [-0.4, -0.2) is 28.4 Å². The molecule has 7 heteroatoms. The summed E-state index contributed by atoms with van der Waals surface area (Å²) in [6.45, 7) is 4.21. The Morgan fingerprint density at radius 1 is 1.08 bits per heavy atom. The highest BCUT2D eigenvalue weighted by atomic mass is 31.2. The first kappa shape index (κ1) is 19.5. The molecule has 2 aromatic rings. The van der Waals surface area contributed by atoms with Gasteiger partial charge < -0.3 is 24.4 Å². The molecule has 6 nitrogen and oxygen atoms in total. The Kier molecular flexibility index (Phi) is 6.25. The second-order valence-corrected chi connectivity index (χ2v) is 7.63. The lowest BCUT2D eigenvalue weighted by Crippen LogP contribution is -2.02. The fraction of sp³-hybridized carbons (Fsp3) is 0.333. The Morgan fingerprint density at radius 3 is 2.28 bits per heavy atom. The fourth-order valence-electron chi connectivity index (χ4n) is 2.70. The average molecular weight is 366 g/mol. The first-order valence-electron chi connectivity index (χ1n) is 7.77. The average Bonchev–Trinajstić information content (AvgIpc) is 2.51. The maximum atomic E-state index is 10.9. The van der Waals surface area contributed by atoms with Gasteiger partial charge in [0.15, 0.2) is 6.35 Å². The van der Waals surface area contributed by atoms with E-state index >= 15 is 0 Å². The lowest BCUT2D eigenvalue weighted by molar-refractivity contribution is 0.182. The van der Waals surface area contributed by atoms with Crippen LogP contribution in [0.15, 0.2) is 30.3 Å². The van der Waals surface area contributed by atoms with Crippen molar-refractivity contribution in [2.24, 2.45) is 0 Å². The van der Waals surface area contributed by atoms with Crippen LogP contribution in [0.2, 0.25) is 0 Å². The molecule has 0 aliphatic rings. The molecule has 0 saturated heterocycles. The van der Waals surface area contributed by atoms with Crippen LogP contribution in [-0.2, 0) is 22.3 Å². The largest absolute Gasteiger partial charge is 0.508 e. The van der Waals surface area contributed by atoms with Gasteiger partial charge in [-0.2, -0.15) is 0 Å². The van der Waals surface area contributed by atoms with E-state index in [9.17, 15) is 9.67 Å². The second kappa shape index (κ2) is 8.02. The highest BCUT2D eigenvalue weighted by Gasteiger charge is 2.15. The van der Waals surface area contributed by atoms with Gasteiger partial charge in [-0.15, -0.1) is 0 Å². The molecule has 2 rings (SSSR count). The number of ether oxygens (including phenoxy) is 2. The second-order valence-electron chi connectivity index (χ2n) is 6.05. The first-order chi connectivity index (χ1) is 11.7.